The van der Waals surface area contributed by atoms with E-state index in [1.54, 1.807) is 0 Å². The first-order chi connectivity index (χ1) is 8.06. The van der Waals surface area contributed by atoms with Crippen LogP contribution in [0.4, 0.5) is 0 Å². The van der Waals surface area contributed by atoms with Crippen molar-refractivity contribution in [3.63, 3.8) is 0 Å². The lowest BCUT2D eigenvalue weighted by molar-refractivity contribution is 0.827. The van der Waals surface area contributed by atoms with Crippen LogP contribution in [0.1, 0.15) is 17.0 Å². The van der Waals surface area contributed by atoms with Crippen LogP contribution in [0.25, 0.3) is 5.69 Å². The normalized spacial score (nSPS) is 10.9. The molecule has 1 aromatic carbocycles. The lowest BCUT2D eigenvalue weighted by Crippen LogP contribution is -2.03. The Morgan fingerprint density at radius 3 is 2.59 bits per heavy atom. The summed E-state index contributed by atoms with van der Waals surface area (Å²) in [7, 11) is 0. The van der Waals surface area contributed by atoms with Gasteiger partial charge in [-0.2, -0.15) is 5.10 Å². The Hall–Kier alpha value is -0.320. The van der Waals surface area contributed by atoms with E-state index < -0.39 is 0 Å². The van der Waals surface area contributed by atoms with E-state index in [9.17, 15) is 0 Å². The smallest absolute Gasteiger partial charge is 0.0875 e. The van der Waals surface area contributed by atoms with Gasteiger partial charge >= 0.3 is 0 Å². The summed E-state index contributed by atoms with van der Waals surface area (Å²) in [6, 6.07) is 5.87. The van der Waals surface area contributed by atoms with Crippen molar-refractivity contribution in [3.8, 4) is 5.69 Å². The van der Waals surface area contributed by atoms with Crippen molar-refractivity contribution in [2.45, 2.75) is 19.2 Å². The van der Waals surface area contributed by atoms with Crippen LogP contribution in [0.3, 0.4) is 0 Å². The van der Waals surface area contributed by atoms with Crippen LogP contribution in [0.15, 0.2) is 22.7 Å². The molecule has 0 aliphatic heterocycles. The predicted molar refractivity (Wildman–Crippen MR) is 78.4 cm³/mol. The zero-order valence-corrected chi connectivity index (χ0v) is 13.4. The van der Waals surface area contributed by atoms with Crippen molar-refractivity contribution in [3.05, 3.63) is 44.6 Å². The van der Waals surface area contributed by atoms with Crippen LogP contribution in [-0.2, 0) is 5.33 Å². The molecule has 0 unspecified atom stereocenters. The lowest BCUT2D eigenvalue weighted by atomic mass is 10.2. The molecule has 0 saturated heterocycles. The van der Waals surface area contributed by atoms with Gasteiger partial charge in [0.25, 0.3) is 0 Å². The fraction of sp³-hybridized carbons (Fsp3) is 0.250. The van der Waals surface area contributed by atoms with Gasteiger partial charge in [-0.15, -0.1) is 0 Å². The van der Waals surface area contributed by atoms with Crippen LogP contribution in [0.5, 0.6) is 0 Å². The van der Waals surface area contributed by atoms with E-state index in [1.165, 1.54) is 0 Å². The van der Waals surface area contributed by atoms with Gasteiger partial charge in [0.2, 0.25) is 0 Å². The van der Waals surface area contributed by atoms with Crippen molar-refractivity contribution >= 4 is 43.5 Å². The molecule has 17 heavy (non-hydrogen) atoms. The molecule has 2 aromatic rings. The number of benzene rings is 1. The highest BCUT2D eigenvalue weighted by Gasteiger charge is 2.15. The Bertz CT molecular complexity index is 564. The topological polar surface area (TPSA) is 17.8 Å². The minimum absolute atomic E-state index is 0.708. The van der Waals surface area contributed by atoms with Crippen molar-refractivity contribution in [1.29, 1.82) is 0 Å². The molecule has 0 amide bonds. The maximum atomic E-state index is 6.28. The largest absolute Gasteiger partial charge is 0.235 e. The van der Waals surface area contributed by atoms with Gasteiger partial charge in [-0.05, 0) is 41.4 Å². The summed E-state index contributed by atoms with van der Waals surface area (Å²) in [6.07, 6.45) is 0. The summed E-state index contributed by atoms with van der Waals surface area (Å²) >= 11 is 13.3. The molecule has 1 aromatic heterocycles. The number of nitrogens with zero attached hydrogens (tertiary/aromatic N) is 2. The first kappa shape index (κ1) is 13.1. The average Bonchev–Trinajstić information content (AvgIpc) is 2.56. The summed E-state index contributed by atoms with van der Waals surface area (Å²) in [5.41, 5.74) is 4.08. The highest BCUT2D eigenvalue weighted by Crippen LogP contribution is 2.30. The third-order valence-corrected chi connectivity index (χ3v) is 4.69. The van der Waals surface area contributed by atoms with E-state index in [-0.39, 0.29) is 0 Å². The first-order valence-electron chi connectivity index (χ1n) is 5.11. The molecule has 1 heterocycles. The Kier molecular flexibility index (Phi) is 3.95. The van der Waals surface area contributed by atoms with Crippen LogP contribution >= 0.6 is 43.5 Å². The van der Waals surface area contributed by atoms with Gasteiger partial charge in [-0.25, -0.2) is 4.68 Å². The Morgan fingerprint density at radius 1 is 1.35 bits per heavy atom. The van der Waals surface area contributed by atoms with Crippen molar-refractivity contribution in [1.82, 2.24) is 9.78 Å². The van der Waals surface area contributed by atoms with Gasteiger partial charge in [0.1, 0.15) is 0 Å². The highest BCUT2D eigenvalue weighted by molar-refractivity contribution is 9.10. The second kappa shape index (κ2) is 5.12. The predicted octanol–water partition coefficient (Wildman–Crippen LogP) is 4.80. The van der Waals surface area contributed by atoms with Gasteiger partial charge < -0.3 is 0 Å². The standard InChI is InChI=1S/C12H11Br2ClN2/c1-7-11(14)8(2)17(16-7)12-9(6-13)4-3-5-10(12)15/h3-5H,6H2,1-2H3. The summed E-state index contributed by atoms with van der Waals surface area (Å²) in [4.78, 5) is 0. The monoisotopic (exact) mass is 376 g/mol. The Balaban J connectivity index is 2.72. The molecule has 0 aliphatic rings. The van der Waals surface area contributed by atoms with Crippen molar-refractivity contribution in [2.75, 3.05) is 0 Å². The summed E-state index contributed by atoms with van der Waals surface area (Å²) in [5, 5.41) is 5.97. The molecule has 0 saturated carbocycles. The molecule has 5 heteroatoms. The molecule has 0 radical (unpaired) electrons. The number of halogens is 3. The van der Waals surface area contributed by atoms with Crippen LogP contribution < -0.4 is 0 Å². The number of para-hydroxylation sites is 1. The van der Waals surface area contributed by atoms with E-state index in [1.807, 2.05) is 36.7 Å². The molecule has 0 fully saturated rings. The highest BCUT2D eigenvalue weighted by atomic mass is 79.9. The van der Waals surface area contributed by atoms with Gasteiger partial charge in [0, 0.05) is 5.33 Å². The molecule has 0 atom stereocenters. The fourth-order valence-corrected chi connectivity index (χ4v) is 2.72. The van der Waals surface area contributed by atoms with E-state index in [4.69, 9.17) is 11.6 Å². The minimum Gasteiger partial charge on any atom is -0.235 e. The van der Waals surface area contributed by atoms with Crippen molar-refractivity contribution < 1.29 is 0 Å². The second-order valence-corrected chi connectivity index (χ2v) is 5.54. The van der Waals surface area contributed by atoms with Gasteiger partial charge in [0.05, 0.1) is 26.6 Å². The maximum absolute atomic E-state index is 6.28. The summed E-state index contributed by atoms with van der Waals surface area (Å²) in [5.74, 6) is 0. The number of alkyl halides is 1. The average molecular weight is 378 g/mol. The third-order valence-electron chi connectivity index (χ3n) is 2.63. The van der Waals surface area contributed by atoms with Gasteiger partial charge in [-0.1, -0.05) is 39.7 Å². The molecule has 0 spiro atoms. The van der Waals surface area contributed by atoms with Gasteiger partial charge in [0.15, 0.2) is 0 Å². The number of aryl methyl sites for hydroxylation is 1. The molecule has 0 N–H and O–H groups in total. The third kappa shape index (κ3) is 2.30. The lowest BCUT2D eigenvalue weighted by Gasteiger charge is -2.11. The molecule has 2 rings (SSSR count). The molecule has 0 bridgehead atoms. The zero-order valence-electron chi connectivity index (χ0n) is 9.47. The van der Waals surface area contributed by atoms with E-state index >= 15 is 0 Å². The quantitative estimate of drug-likeness (QED) is 0.687. The number of hydrogen-bond acceptors (Lipinski definition) is 1. The Morgan fingerprint density at radius 2 is 2.06 bits per heavy atom. The van der Waals surface area contributed by atoms with E-state index in [2.05, 4.69) is 37.0 Å². The Labute approximate surface area is 122 Å². The molecule has 0 aliphatic carbocycles. The number of hydrogen-bond donors (Lipinski definition) is 0. The van der Waals surface area contributed by atoms with E-state index in [0.717, 1.165) is 32.4 Å². The zero-order chi connectivity index (χ0) is 12.6. The van der Waals surface area contributed by atoms with Crippen molar-refractivity contribution in [2.24, 2.45) is 0 Å². The first-order valence-corrected chi connectivity index (χ1v) is 7.41. The number of aromatic nitrogens is 2. The van der Waals surface area contributed by atoms with Crippen LogP contribution in [0, 0.1) is 13.8 Å². The molecule has 90 valence electrons. The summed E-state index contributed by atoms with van der Waals surface area (Å²) < 4.78 is 2.91. The van der Waals surface area contributed by atoms with Gasteiger partial charge in [-0.3, -0.25) is 0 Å². The van der Waals surface area contributed by atoms with E-state index in [0.29, 0.717) is 5.02 Å². The van der Waals surface area contributed by atoms with Crippen LogP contribution in [-0.4, -0.2) is 9.78 Å². The molecular formula is C12H11Br2ClN2. The van der Waals surface area contributed by atoms with Crippen LogP contribution in [0.2, 0.25) is 5.02 Å². The molecule has 2 nitrogen and oxygen atoms in total. The summed E-state index contributed by atoms with van der Waals surface area (Å²) in [6.45, 7) is 3.99. The number of rotatable bonds is 2. The minimum atomic E-state index is 0.708. The fourth-order valence-electron chi connectivity index (χ4n) is 1.75. The second-order valence-electron chi connectivity index (χ2n) is 3.78. The SMILES string of the molecule is Cc1nn(-c2c(Cl)cccc2CBr)c(C)c1Br. The maximum Gasteiger partial charge on any atom is 0.0875 e. The molecular weight excluding hydrogens is 367 g/mol.